The van der Waals surface area contributed by atoms with Gasteiger partial charge in [0.2, 0.25) is 11.7 Å². The van der Waals surface area contributed by atoms with Crippen LogP contribution >= 0.6 is 35.6 Å². The number of rotatable bonds is 5. The fourth-order valence-corrected chi connectivity index (χ4v) is 2.61. The van der Waals surface area contributed by atoms with E-state index in [9.17, 15) is 4.79 Å². The molecule has 9 nitrogen and oxygen atoms in total. The van der Waals surface area contributed by atoms with Crippen LogP contribution in [0, 0.1) is 28.7 Å². The molecule has 0 aliphatic carbocycles. The number of hydrogen-bond acceptors (Lipinski definition) is 7. The highest BCUT2D eigenvalue weighted by molar-refractivity contribution is 6.30. The number of Topliss-reactive ketones (excluding diaryl/α,β-unsaturated/α-hetero) is 1. The Hall–Kier alpha value is -3.47. The van der Waals surface area contributed by atoms with Crippen molar-refractivity contribution in [3.05, 3.63) is 81.4 Å². The number of nitrogens with two attached hydrogens (primary N) is 1. The summed E-state index contributed by atoms with van der Waals surface area (Å²) in [4.78, 5) is 18.6. The Balaban J connectivity index is 0.000000570. The zero-order valence-electron chi connectivity index (χ0n) is 21.7. The first-order valence-electron chi connectivity index (χ1n) is 10.9. The van der Waals surface area contributed by atoms with Crippen LogP contribution in [0.4, 0.5) is 0 Å². The molecule has 202 valence electrons. The molecule has 38 heavy (non-hydrogen) atoms. The van der Waals surface area contributed by atoms with E-state index in [1.807, 2.05) is 18.2 Å². The van der Waals surface area contributed by atoms with E-state index in [4.69, 9.17) is 50.9 Å². The molecule has 0 atom stereocenters. The topological polar surface area (TPSA) is 146 Å². The quantitative estimate of drug-likeness (QED) is 0.190. The maximum Gasteiger partial charge on any atom is 0.284 e. The van der Waals surface area contributed by atoms with Crippen LogP contribution in [0.3, 0.4) is 0 Å². The number of ether oxygens (including phenoxy) is 1. The molecule has 2 aromatic carbocycles. The molecular formula is C26H30Cl3N7O2. The average Bonchev–Trinajstić information content (AvgIpc) is 3.40. The van der Waals surface area contributed by atoms with Crippen LogP contribution in [0.2, 0.25) is 10.0 Å². The third-order valence-corrected chi connectivity index (χ3v) is 5.42. The second-order valence-corrected chi connectivity index (χ2v) is 9.46. The fraction of sp³-hybridized carbons (Fsp3) is 0.308. The van der Waals surface area contributed by atoms with Gasteiger partial charge in [-0.15, -0.1) is 12.4 Å². The second kappa shape index (κ2) is 15.7. The van der Waals surface area contributed by atoms with Crippen molar-refractivity contribution in [2.75, 3.05) is 13.7 Å². The third kappa shape index (κ3) is 10.5. The number of carbonyl (C=O) groups is 1. The van der Waals surface area contributed by atoms with Crippen LogP contribution in [0.15, 0.2) is 48.5 Å². The summed E-state index contributed by atoms with van der Waals surface area (Å²) < 4.78 is 4.72. The standard InChI is InChI=1S/C12H11ClN4.C8H8ClNO.C6H10N2O.ClH/c1-12(2,14-3)11-15-10(16-17-11)8-4-6-9(13)7-5-8;1-11-8(10)6-2-4-7(9)5-3-6;1-6(2,4-8)5(9)3-7;/h4-7H,1-2H3,(H,15,16,17);2-5,10H,1H3;3,7H2,1-2H3;1H. The Morgan fingerprint density at radius 3 is 2.03 bits per heavy atom. The lowest BCUT2D eigenvalue weighted by Crippen LogP contribution is -2.29. The van der Waals surface area contributed by atoms with Gasteiger partial charge >= 0.3 is 0 Å². The van der Waals surface area contributed by atoms with Crippen molar-refractivity contribution in [3.63, 3.8) is 0 Å². The van der Waals surface area contributed by atoms with Gasteiger partial charge in [-0.1, -0.05) is 23.2 Å². The molecule has 3 aromatic rings. The molecule has 0 bridgehead atoms. The van der Waals surface area contributed by atoms with E-state index in [1.165, 1.54) is 7.11 Å². The highest BCUT2D eigenvalue weighted by Gasteiger charge is 2.30. The van der Waals surface area contributed by atoms with Gasteiger partial charge in [-0.3, -0.25) is 15.3 Å². The third-order valence-electron chi connectivity index (χ3n) is 4.92. The Kier molecular flexibility index (Phi) is 14.3. The van der Waals surface area contributed by atoms with E-state index in [1.54, 1.807) is 64.1 Å². The minimum absolute atomic E-state index is 0. The number of methoxy groups -OCH3 is 1. The highest BCUT2D eigenvalue weighted by Crippen LogP contribution is 2.24. The number of nitrogens with zero attached hydrogens (tertiary/aromatic N) is 4. The first-order chi connectivity index (χ1) is 17.3. The summed E-state index contributed by atoms with van der Waals surface area (Å²) in [6.07, 6.45) is 0. The van der Waals surface area contributed by atoms with Crippen molar-refractivity contribution >= 4 is 47.3 Å². The molecule has 0 saturated heterocycles. The predicted octanol–water partition coefficient (Wildman–Crippen LogP) is 6.08. The number of halogens is 3. The molecule has 0 aliphatic heterocycles. The summed E-state index contributed by atoms with van der Waals surface area (Å²) in [7, 11) is 1.47. The van der Waals surface area contributed by atoms with E-state index >= 15 is 0 Å². The van der Waals surface area contributed by atoms with Gasteiger partial charge in [0.25, 0.3) is 5.54 Å². The van der Waals surface area contributed by atoms with Crippen molar-refractivity contribution < 1.29 is 9.53 Å². The van der Waals surface area contributed by atoms with Gasteiger partial charge in [-0.2, -0.15) is 10.4 Å². The molecule has 0 saturated carbocycles. The summed E-state index contributed by atoms with van der Waals surface area (Å²) >= 11 is 11.5. The predicted molar refractivity (Wildman–Crippen MR) is 152 cm³/mol. The zero-order chi connectivity index (χ0) is 28.2. The maximum absolute atomic E-state index is 10.7. The number of benzene rings is 2. The number of carbonyl (C=O) groups excluding carboxylic acids is 1. The zero-order valence-corrected chi connectivity index (χ0v) is 24.0. The van der Waals surface area contributed by atoms with Crippen LogP contribution in [0.25, 0.3) is 16.2 Å². The lowest BCUT2D eigenvalue weighted by atomic mass is 9.90. The van der Waals surface area contributed by atoms with Crippen molar-refractivity contribution in [2.24, 2.45) is 11.1 Å². The van der Waals surface area contributed by atoms with Crippen LogP contribution in [0.5, 0.6) is 0 Å². The van der Waals surface area contributed by atoms with Crippen LogP contribution < -0.4 is 5.73 Å². The van der Waals surface area contributed by atoms with E-state index < -0.39 is 11.0 Å². The van der Waals surface area contributed by atoms with Gasteiger partial charge in [-0.25, -0.2) is 11.6 Å². The van der Waals surface area contributed by atoms with Crippen LogP contribution in [-0.4, -0.2) is 40.5 Å². The van der Waals surface area contributed by atoms with E-state index in [-0.39, 0.29) is 30.6 Å². The van der Waals surface area contributed by atoms with Gasteiger partial charge in [0, 0.05) is 35.0 Å². The molecule has 1 heterocycles. The normalized spacial score (nSPS) is 10.2. The molecule has 4 N–H and O–H groups in total. The Labute approximate surface area is 239 Å². The lowest BCUT2D eigenvalue weighted by molar-refractivity contribution is -0.123. The number of nitriles is 1. The number of ketones is 1. The SMILES string of the molecule is CC(C)(C#N)C(=O)CN.COC(=N)c1ccc(Cl)cc1.Cl.[C-]#[N+]C(C)(C)c1nc(-c2ccc(Cl)cc2)n[nH]1. The van der Waals surface area contributed by atoms with Crippen molar-refractivity contribution in [1.29, 1.82) is 10.7 Å². The molecule has 0 fully saturated rings. The molecule has 0 radical (unpaired) electrons. The molecule has 3 rings (SSSR count). The van der Waals surface area contributed by atoms with Gasteiger partial charge in [0.1, 0.15) is 5.41 Å². The van der Waals surface area contributed by atoms with Crippen molar-refractivity contribution in [2.45, 2.75) is 33.2 Å². The van der Waals surface area contributed by atoms with Crippen LogP contribution in [0.1, 0.15) is 39.1 Å². The molecule has 0 amide bonds. The second-order valence-electron chi connectivity index (χ2n) is 8.59. The van der Waals surface area contributed by atoms with Gasteiger partial charge in [0.05, 0.1) is 19.7 Å². The Morgan fingerprint density at radius 2 is 1.63 bits per heavy atom. The maximum atomic E-state index is 10.7. The highest BCUT2D eigenvalue weighted by atomic mass is 35.5. The summed E-state index contributed by atoms with van der Waals surface area (Å²) in [5.74, 6) is 1.08. The Morgan fingerprint density at radius 1 is 1.13 bits per heavy atom. The van der Waals surface area contributed by atoms with Gasteiger partial charge < -0.3 is 15.3 Å². The molecule has 0 aliphatic rings. The molecule has 0 unspecified atom stereocenters. The molecular weight excluding hydrogens is 549 g/mol. The average molecular weight is 579 g/mol. The number of aromatic amines is 1. The van der Waals surface area contributed by atoms with E-state index in [0.29, 0.717) is 21.7 Å². The van der Waals surface area contributed by atoms with Crippen LogP contribution in [-0.2, 0) is 15.1 Å². The Bertz CT molecular complexity index is 1270. The minimum atomic E-state index is -0.908. The minimum Gasteiger partial charge on any atom is -0.481 e. The van der Waals surface area contributed by atoms with E-state index in [2.05, 4.69) is 20.0 Å². The van der Waals surface area contributed by atoms with Crippen molar-refractivity contribution in [3.8, 4) is 17.5 Å². The lowest BCUT2D eigenvalue weighted by Gasteiger charge is -2.10. The smallest absolute Gasteiger partial charge is 0.284 e. The number of aromatic nitrogens is 3. The molecule has 0 spiro atoms. The largest absolute Gasteiger partial charge is 0.481 e. The summed E-state index contributed by atoms with van der Waals surface area (Å²) in [5.41, 5.74) is 5.05. The summed E-state index contributed by atoms with van der Waals surface area (Å²) in [6.45, 7) is 13.8. The monoisotopic (exact) mass is 577 g/mol. The first-order valence-corrected chi connectivity index (χ1v) is 11.7. The van der Waals surface area contributed by atoms with Crippen molar-refractivity contribution in [1.82, 2.24) is 15.2 Å². The van der Waals surface area contributed by atoms with E-state index in [0.717, 1.165) is 11.1 Å². The summed E-state index contributed by atoms with van der Waals surface area (Å²) in [6, 6.07) is 16.1. The first kappa shape index (κ1) is 34.5. The number of nitrogens with one attached hydrogen (secondary N) is 2. The van der Waals surface area contributed by atoms with Gasteiger partial charge in [-0.05, 0) is 62.4 Å². The van der Waals surface area contributed by atoms with Gasteiger partial charge in [0.15, 0.2) is 11.6 Å². The number of hydrogen-bond donors (Lipinski definition) is 3. The molecule has 1 aromatic heterocycles. The molecule has 12 heteroatoms. The number of H-pyrrole nitrogens is 1. The summed E-state index contributed by atoms with van der Waals surface area (Å²) in [5, 5.41) is 23.9. The fourth-order valence-electron chi connectivity index (χ4n) is 2.35.